The minimum atomic E-state index is 0.0835. The number of Topliss-reactive ketones (excluding diaryl/α,β-unsaturated/α-hetero) is 1. The summed E-state index contributed by atoms with van der Waals surface area (Å²) in [5.74, 6) is 2.72. The first-order chi connectivity index (χ1) is 13.5. The van der Waals surface area contributed by atoms with E-state index in [1.54, 1.807) is 0 Å². The molecule has 0 bridgehead atoms. The molecule has 6 heteroatoms. The maximum atomic E-state index is 12.8. The third kappa shape index (κ3) is 4.48. The molecule has 3 aliphatic rings. The normalized spacial score (nSPS) is 27.6. The van der Waals surface area contributed by atoms with E-state index in [0.29, 0.717) is 35.8 Å². The molecule has 4 rings (SSSR count). The van der Waals surface area contributed by atoms with Gasteiger partial charge in [-0.2, -0.15) is 0 Å². The maximum absolute atomic E-state index is 12.8. The van der Waals surface area contributed by atoms with Gasteiger partial charge < -0.3 is 15.2 Å². The number of likely N-dealkylation sites (tertiary alicyclic amines) is 1. The number of nitrogens with two attached hydrogens (primary N) is 1. The van der Waals surface area contributed by atoms with Crippen molar-refractivity contribution in [1.29, 1.82) is 0 Å². The summed E-state index contributed by atoms with van der Waals surface area (Å²) in [5, 5.41) is 3.98. The van der Waals surface area contributed by atoms with Gasteiger partial charge in [0, 0.05) is 43.5 Å². The van der Waals surface area contributed by atoms with E-state index in [0.717, 1.165) is 70.2 Å². The molecule has 28 heavy (non-hydrogen) atoms. The molecule has 1 amide bonds. The van der Waals surface area contributed by atoms with Crippen molar-refractivity contribution in [2.45, 2.75) is 76.7 Å². The second-order valence-corrected chi connectivity index (χ2v) is 9.27. The Morgan fingerprint density at radius 1 is 1.14 bits per heavy atom. The fourth-order valence-corrected chi connectivity index (χ4v) is 4.86. The predicted molar refractivity (Wildman–Crippen MR) is 106 cm³/mol. The Bertz CT molecular complexity index is 696. The molecule has 0 unspecified atom stereocenters. The Kier molecular flexibility index (Phi) is 5.85. The van der Waals surface area contributed by atoms with Crippen LogP contribution in [0.2, 0.25) is 0 Å². The van der Waals surface area contributed by atoms with Gasteiger partial charge >= 0.3 is 0 Å². The molecule has 1 aliphatic heterocycles. The Labute approximate surface area is 167 Å². The molecule has 2 N–H and O–H groups in total. The molecule has 2 saturated carbocycles. The lowest BCUT2D eigenvalue weighted by Crippen LogP contribution is -2.44. The summed E-state index contributed by atoms with van der Waals surface area (Å²) in [7, 11) is 0. The van der Waals surface area contributed by atoms with Crippen molar-refractivity contribution in [1.82, 2.24) is 10.1 Å². The van der Waals surface area contributed by atoms with Crippen LogP contribution >= 0.6 is 0 Å². The number of rotatable bonds is 6. The molecular weight excluding hydrogens is 354 g/mol. The molecule has 0 aromatic carbocycles. The number of aromatic nitrogens is 1. The monoisotopic (exact) mass is 387 g/mol. The van der Waals surface area contributed by atoms with Crippen LogP contribution in [-0.2, 0) is 4.79 Å². The molecule has 2 heterocycles. The van der Waals surface area contributed by atoms with E-state index in [4.69, 9.17) is 10.3 Å². The van der Waals surface area contributed by atoms with Gasteiger partial charge in [-0.1, -0.05) is 12.1 Å². The van der Waals surface area contributed by atoms with Gasteiger partial charge in [0.2, 0.25) is 5.91 Å². The number of amides is 1. The number of carbonyl (C=O) groups is 2. The van der Waals surface area contributed by atoms with Gasteiger partial charge in [-0.3, -0.25) is 9.59 Å². The summed E-state index contributed by atoms with van der Waals surface area (Å²) in [6, 6.07) is 2.11. The molecule has 6 nitrogen and oxygen atoms in total. The predicted octanol–water partition coefficient (Wildman–Crippen LogP) is 3.52. The summed E-state index contributed by atoms with van der Waals surface area (Å²) >= 11 is 0. The molecule has 0 radical (unpaired) electrons. The Morgan fingerprint density at radius 3 is 2.46 bits per heavy atom. The van der Waals surface area contributed by atoms with E-state index in [1.165, 1.54) is 0 Å². The van der Waals surface area contributed by atoms with Crippen LogP contribution in [0.25, 0.3) is 0 Å². The quantitative estimate of drug-likeness (QED) is 0.755. The van der Waals surface area contributed by atoms with Gasteiger partial charge in [-0.25, -0.2) is 0 Å². The van der Waals surface area contributed by atoms with Gasteiger partial charge in [0.15, 0.2) is 5.78 Å². The first-order valence-corrected chi connectivity index (χ1v) is 11.1. The SMILES string of the molecule is C[C@@H](CC(=O)c1cc(C2CC2)on1)C1CCN(C(=O)C2CCC(N)CC2)CC1. The molecular formula is C22H33N3O3. The summed E-state index contributed by atoms with van der Waals surface area (Å²) in [6.07, 6.45) is 8.57. The van der Waals surface area contributed by atoms with E-state index in [2.05, 4.69) is 12.1 Å². The highest BCUT2D eigenvalue weighted by Crippen LogP contribution is 2.40. The highest BCUT2D eigenvalue weighted by Gasteiger charge is 2.33. The van der Waals surface area contributed by atoms with E-state index in [1.807, 2.05) is 11.0 Å². The largest absolute Gasteiger partial charge is 0.360 e. The van der Waals surface area contributed by atoms with Crippen LogP contribution in [-0.4, -0.2) is 40.9 Å². The summed E-state index contributed by atoms with van der Waals surface area (Å²) in [6.45, 7) is 3.80. The van der Waals surface area contributed by atoms with E-state index in [-0.39, 0.29) is 17.7 Å². The second kappa shape index (κ2) is 8.36. The van der Waals surface area contributed by atoms with Gasteiger partial charge in [0.05, 0.1) is 0 Å². The maximum Gasteiger partial charge on any atom is 0.225 e. The Morgan fingerprint density at radius 2 is 1.82 bits per heavy atom. The zero-order valence-corrected chi connectivity index (χ0v) is 16.9. The lowest BCUT2D eigenvalue weighted by molar-refractivity contribution is -0.138. The molecule has 3 fully saturated rings. The van der Waals surface area contributed by atoms with Crippen molar-refractivity contribution in [2.75, 3.05) is 13.1 Å². The van der Waals surface area contributed by atoms with Crippen LogP contribution < -0.4 is 5.73 Å². The number of ketones is 1. The van der Waals surface area contributed by atoms with Crippen molar-refractivity contribution < 1.29 is 14.1 Å². The fourth-order valence-electron chi connectivity index (χ4n) is 4.86. The van der Waals surface area contributed by atoms with Crippen molar-refractivity contribution in [3.05, 3.63) is 17.5 Å². The summed E-state index contributed by atoms with van der Waals surface area (Å²) in [4.78, 5) is 27.4. The van der Waals surface area contributed by atoms with Crippen LogP contribution in [0.5, 0.6) is 0 Å². The van der Waals surface area contributed by atoms with Crippen LogP contribution in [0, 0.1) is 17.8 Å². The van der Waals surface area contributed by atoms with Crippen molar-refractivity contribution in [3.63, 3.8) is 0 Å². The van der Waals surface area contributed by atoms with Crippen LogP contribution in [0.1, 0.15) is 86.9 Å². The Hall–Kier alpha value is -1.69. The molecule has 1 aromatic rings. The molecule has 2 aliphatic carbocycles. The van der Waals surface area contributed by atoms with Crippen LogP contribution in [0.4, 0.5) is 0 Å². The molecule has 154 valence electrons. The minimum Gasteiger partial charge on any atom is -0.360 e. The molecule has 1 aromatic heterocycles. The number of piperidine rings is 1. The third-order valence-electron chi connectivity index (χ3n) is 7.08. The number of nitrogens with zero attached hydrogens (tertiary/aromatic N) is 2. The number of hydrogen-bond acceptors (Lipinski definition) is 5. The third-order valence-corrected chi connectivity index (χ3v) is 7.08. The lowest BCUT2D eigenvalue weighted by atomic mass is 9.81. The van der Waals surface area contributed by atoms with Crippen molar-refractivity contribution in [3.8, 4) is 0 Å². The van der Waals surface area contributed by atoms with Gasteiger partial charge in [-0.05, 0) is 63.2 Å². The van der Waals surface area contributed by atoms with Gasteiger partial charge in [0.1, 0.15) is 11.5 Å². The van der Waals surface area contributed by atoms with Crippen LogP contribution in [0.3, 0.4) is 0 Å². The topological polar surface area (TPSA) is 89.4 Å². The second-order valence-electron chi connectivity index (χ2n) is 9.27. The zero-order valence-electron chi connectivity index (χ0n) is 16.9. The number of carbonyl (C=O) groups excluding carboxylic acids is 2. The molecule has 0 spiro atoms. The van der Waals surface area contributed by atoms with E-state index >= 15 is 0 Å². The smallest absolute Gasteiger partial charge is 0.225 e. The minimum absolute atomic E-state index is 0.0835. The lowest BCUT2D eigenvalue weighted by Gasteiger charge is -2.37. The van der Waals surface area contributed by atoms with Gasteiger partial charge in [-0.15, -0.1) is 0 Å². The standard InChI is InChI=1S/C22H33N3O3/c1-14(12-20(26)19-13-21(28-24-19)16-2-3-16)15-8-10-25(11-9-15)22(27)17-4-6-18(23)7-5-17/h13-18H,2-12,23H2,1H3/t14-,17?,18?/m0/s1. The molecule has 1 atom stereocenters. The zero-order chi connectivity index (χ0) is 19.7. The molecule has 1 saturated heterocycles. The van der Waals surface area contributed by atoms with Crippen molar-refractivity contribution in [2.24, 2.45) is 23.5 Å². The highest BCUT2D eigenvalue weighted by molar-refractivity contribution is 5.94. The summed E-state index contributed by atoms with van der Waals surface area (Å²) < 4.78 is 5.32. The average molecular weight is 388 g/mol. The number of hydrogen-bond donors (Lipinski definition) is 1. The first kappa shape index (κ1) is 19.6. The highest BCUT2D eigenvalue weighted by atomic mass is 16.5. The Balaban J connectivity index is 1.23. The van der Waals surface area contributed by atoms with Crippen molar-refractivity contribution >= 4 is 11.7 Å². The summed E-state index contributed by atoms with van der Waals surface area (Å²) in [5.41, 5.74) is 6.45. The van der Waals surface area contributed by atoms with Crippen LogP contribution in [0.15, 0.2) is 10.6 Å². The first-order valence-electron chi connectivity index (χ1n) is 11.1. The van der Waals surface area contributed by atoms with Gasteiger partial charge in [0.25, 0.3) is 0 Å². The van der Waals surface area contributed by atoms with E-state index < -0.39 is 0 Å². The fraction of sp³-hybridized carbons (Fsp3) is 0.773. The van der Waals surface area contributed by atoms with E-state index in [9.17, 15) is 9.59 Å². The average Bonchev–Trinajstić information content (AvgIpc) is 3.44.